The molecule has 1 heterocycles. The van der Waals surface area contributed by atoms with Gasteiger partial charge < -0.3 is 62.5 Å². The molecular weight excluding hydrogens is 794 g/mol. The van der Waals surface area contributed by atoms with E-state index < -0.39 is 95.2 Å². The molecule has 1 aliphatic heterocycles. The number of rotatable bonds is 25. The minimum atomic E-state index is -1.60. The Bertz CT molecular complexity index is 1340. The fraction of sp³-hybridized carbons (Fsp3) is 0.854. The van der Waals surface area contributed by atoms with Crippen LogP contribution in [0, 0.1) is 21.7 Å². The highest BCUT2D eigenvalue weighted by atomic mass is 16.8. The Morgan fingerprint density at radius 3 is 1.40 bits per heavy atom. The first kappa shape index (κ1) is 54.4. The predicted octanol–water partition coefficient (Wildman–Crippen LogP) is 4.54. The number of carbonyl (C=O) groups is 6. The Labute approximate surface area is 354 Å². The summed E-state index contributed by atoms with van der Waals surface area (Å²) in [6, 6.07) is -1.36. The first-order chi connectivity index (χ1) is 27.7. The van der Waals surface area contributed by atoms with Crippen LogP contribution in [0.2, 0.25) is 0 Å². The zero-order valence-electron chi connectivity index (χ0n) is 37.7. The van der Waals surface area contributed by atoms with E-state index in [9.17, 15) is 28.8 Å². The van der Waals surface area contributed by atoms with Crippen LogP contribution in [0.15, 0.2) is 0 Å². The average molecular weight is 866 g/mol. The van der Waals surface area contributed by atoms with Gasteiger partial charge in [0.2, 0.25) is 18.5 Å². The summed E-state index contributed by atoms with van der Waals surface area (Å²) in [5.74, 6) is -3.22. The maximum Gasteiger partial charge on any atom is 0.505 e. The topological polar surface area (TPSA) is 236 Å². The van der Waals surface area contributed by atoms with Crippen LogP contribution in [-0.2, 0) is 76.1 Å². The molecule has 2 N–H and O–H groups in total. The number of ether oxygens (including phenoxy) is 11. The number of carboxylic acid groups (broad SMARTS) is 1. The van der Waals surface area contributed by atoms with Crippen LogP contribution < -0.4 is 5.32 Å². The SMILES string of the molecule is CC(C)(C)C(=O)OCO[C@@H]1OC(OC(=O)C(C)(C)C)[C@@H](NC(=O)CCCCCOCCOCCOCCOCCOC(=O)O)[C@H](OC(=O)C(C)(C)C)[C@@H]1OC(=O)C(C)(C)C. The number of carbonyl (C=O) groups excluding carboxylic acids is 5. The second kappa shape index (κ2) is 26.0. The number of hydrogen-bond acceptors (Lipinski definition) is 17. The highest BCUT2D eigenvalue weighted by Gasteiger charge is 2.55. The maximum absolute atomic E-state index is 13.5. The highest BCUT2D eigenvalue weighted by Crippen LogP contribution is 2.33. The van der Waals surface area contributed by atoms with E-state index in [2.05, 4.69) is 10.1 Å². The van der Waals surface area contributed by atoms with E-state index in [1.807, 2.05) is 0 Å². The van der Waals surface area contributed by atoms with Crippen molar-refractivity contribution in [3.05, 3.63) is 0 Å². The molecule has 1 rings (SSSR count). The van der Waals surface area contributed by atoms with Crippen molar-refractivity contribution in [2.75, 3.05) is 66.3 Å². The van der Waals surface area contributed by atoms with Gasteiger partial charge in [0.1, 0.15) is 12.6 Å². The van der Waals surface area contributed by atoms with Gasteiger partial charge in [-0.1, -0.05) is 6.42 Å². The molecule has 1 aliphatic rings. The number of nitrogens with one attached hydrogen (secondary N) is 1. The van der Waals surface area contributed by atoms with E-state index in [0.29, 0.717) is 65.5 Å². The summed E-state index contributed by atoms with van der Waals surface area (Å²) in [4.78, 5) is 76.4. The van der Waals surface area contributed by atoms with Gasteiger partial charge in [-0.15, -0.1) is 0 Å². The molecule has 0 saturated carbocycles. The fourth-order valence-corrected chi connectivity index (χ4v) is 4.59. The lowest BCUT2D eigenvalue weighted by atomic mass is 9.94. The van der Waals surface area contributed by atoms with Gasteiger partial charge in [-0.3, -0.25) is 24.0 Å². The van der Waals surface area contributed by atoms with Crippen molar-refractivity contribution < 1.29 is 86.0 Å². The third-order valence-corrected chi connectivity index (χ3v) is 8.18. The molecule has 5 atom stereocenters. The van der Waals surface area contributed by atoms with E-state index in [1.54, 1.807) is 83.1 Å². The summed E-state index contributed by atoms with van der Waals surface area (Å²) in [6.07, 6.45) is -5.76. The van der Waals surface area contributed by atoms with Crippen LogP contribution in [0.1, 0.15) is 109 Å². The second-order valence-corrected chi connectivity index (χ2v) is 18.2. The van der Waals surface area contributed by atoms with Gasteiger partial charge in [0, 0.05) is 13.0 Å². The van der Waals surface area contributed by atoms with E-state index in [0.717, 1.165) is 0 Å². The molecule has 1 amide bonds. The highest BCUT2D eigenvalue weighted by molar-refractivity contribution is 5.79. The first-order valence-electron chi connectivity index (χ1n) is 20.3. The molecule has 0 radical (unpaired) electrons. The van der Waals surface area contributed by atoms with Crippen molar-refractivity contribution in [3.8, 4) is 0 Å². The van der Waals surface area contributed by atoms with Crippen LogP contribution in [-0.4, -0.2) is 138 Å². The first-order valence-corrected chi connectivity index (χ1v) is 20.3. The molecular formula is C41H71NO18. The molecule has 348 valence electrons. The number of esters is 4. The molecule has 0 spiro atoms. The Kier molecular flexibility index (Phi) is 23.6. The Morgan fingerprint density at radius 1 is 0.500 bits per heavy atom. The van der Waals surface area contributed by atoms with Crippen molar-refractivity contribution in [1.29, 1.82) is 0 Å². The summed E-state index contributed by atoms with van der Waals surface area (Å²) >= 11 is 0. The number of amides is 1. The van der Waals surface area contributed by atoms with Crippen LogP contribution >= 0.6 is 0 Å². The summed E-state index contributed by atoms with van der Waals surface area (Å²) in [5, 5.41) is 11.2. The van der Waals surface area contributed by atoms with Gasteiger partial charge in [-0.2, -0.15) is 0 Å². The Hall–Kier alpha value is -3.62. The van der Waals surface area contributed by atoms with Crippen molar-refractivity contribution >= 4 is 35.9 Å². The lowest BCUT2D eigenvalue weighted by molar-refractivity contribution is -0.336. The second-order valence-electron chi connectivity index (χ2n) is 18.2. The third-order valence-electron chi connectivity index (χ3n) is 8.18. The summed E-state index contributed by atoms with van der Waals surface area (Å²) < 4.78 is 60.9. The molecule has 1 fully saturated rings. The number of unbranched alkanes of at least 4 members (excludes halogenated alkanes) is 2. The molecule has 19 nitrogen and oxygen atoms in total. The van der Waals surface area contributed by atoms with Gasteiger partial charge in [0.25, 0.3) is 0 Å². The zero-order chi connectivity index (χ0) is 45.7. The molecule has 0 aliphatic carbocycles. The zero-order valence-corrected chi connectivity index (χ0v) is 37.7. The van der Waals surface area contributed by atoms with Crippen molar-refractivity contribution in [1.82, 2.24) is 5.32 Å². The van der Waals surface area contributed by atoms with Crippen molar-refractivity contribution in [2.24, 2.45) is 21.7 Å². The van der Waals surface area contributed by atoms with Gasteiger partial charge in [0.05, 0.1) is 67.9 Å². The van der Waals surface area contributed by atoms with E-state index >= 15 is 0 Å². The van der Waals surface area contributed by atoms with Gasteiger partial charge >= 0.3 is 30.0 Å². The summed E-state index contributed by atoms with van der Waals surface area (Å²) in [5.41, 5.74) is -3.98. The fourth-order valence-electron chi connectivity index (χ4n) is 4.59. The minimum Gasteiger partial charge on any atom is -0.455 e. The van der Waals surface area contributed by atoms with E-state index in [1.165, 1.54) is 0 Å². The van der Waals surface area contributed by atoms with Gasteiger partial charge in [0.15, 0.2) is 19.0 Å². The molecule has 0 aromatic rings. The molecule has 0 aromatic carbocycles. The minimum absolute atomic E-state index is 0.0375. The average Bonchev–Trinajstić information content (AvgIpc) is 3.11. The predicted molar refractivity (Wildman–Crippen MR) is 212 cm³/mol. The van der Waals surface area contributed by atoms with Crippen molar-refractivity contribution in [3.63, 3.8) is 0 Å². The van der Waals surface area contributed by atoms with Crippen LogP contribution in [0.4, 0.5) is 4.79 Å². The quantitative estimate of drug-likeness (QED) is 0.0554. The van der Waals surface area contributed by atoms with Gasteiger partial charge in [-0.25, -0.2) is 4.79 Å². The molecule has 1 saturated heterocycles. The molecule has 1 unspecified atom stereocenters. The smallest absolute Gasteiger partial charge is 0.455 e. The van der Waals surface area contributed by atoms with Crippen LogP contribution in [0.3, 0.4) is 0 Å². The van der Waals surface area contributed by atoms with Crippen LogP contribution in [0.5, 0.6) is 0 Å². The Morgan fingerprint density at radius 2 is 0.933 bits per heavy atom. The molecule has 0 aromatic heterocycles. The summed E-state index contributed by atoms with van der Waals surface area (Å²) in [7, 11) is 0. The third kappa shape index (κ3) is 22.3. The maximum atomic E-state index is 13.5. The van der Waals surface area contributed by atoms with E-state index in [-0.39, 0.29) is 19.6 Å². The van der Waals surface area contributed by atoms with Gasteiger partial charge in [-0.05, 0) is 95.9 Å². The summed E-state index contributed by atoms with van der Waals surface area (Å²) in [6.45, 7) is 21.5. The number of hydrogen-bond donors (Lipinski definition) is 2. The largest absolute Gasteiger partial charge is 0.505 e. The van der Waals surface area contributed by atoms with E-state index in [4.69, 9.17) is 52.5 Å². The normalized spacial score (nSPS) is 19.8. The molecule has 19 heteroatoms. The lowest BCUT2D eigenvalue weighted by Gasteiger charge is -2.45. The van der Waals surface area contributed by atoms with Crippen molar-refractivity contribution in [2.45, 2.75) is 140 Å². The molecule has 60 heavy (non-hydrogen) atoms. The standard InChI is InChI=1S/C41H71NO18/c1-38(2,3)33(44)56-26-55-32-30(58-35(46)40(7,8)9)29(57-34(45)39(4,5)6)28(31(59-32)60-36(47)41(10,11)12)42-27(43)16-14-13-15-17-50-18-19-51-20-21-52-22-23-53-24-25-54-37(48)49/h28-32H,13-26H2,1-12H3,(H,42,43)(H,48,49)/t28-,29-,30-,31?,32+/m0/s1. The van der Waals surface area contributed by atoms with Crippen LogP contribution in [0.25, 0.3) is 0 Å². The Balaban J connectivity index is 2.96. The molecule has 0 bridgehead atoms. The lowest BCUT2D eigenvalue weighted by Crippen LogP contribution is -2.67. The monoisotopic (exact) mass is 865 g/mol.